The zero-order valence-electron chi connectivity index (χ0n) is 43.2. The third-order valence-electron chi connectivity index (χ3n) is 11.8. The average molecular weight is 936 g/mol. The van der Waals surface area contributed by atoms with E-state index in [4.69, 9.17) is 13.8 Å². The summed E-state index contributed by atoms with van der Waals surface area (Å²) in [4.78, 5) is 37.4. The zero-order chi connectivity index (χ0) is 48.0. The average Bonchev–Trinajstić information content (AvgIpc) is 3.26. The Morgan fingerprint density at radius 2 is 0.954 bits per heavy atom. The standard InChI is InChI=1S/C55H103N2O7P/c1-7-10-13-16-19-22-25-28-31-34-37-40-43-46-53(64-55(59)48-45-42-39-36-33-30-27-24-21-18-15-12-9-3)52(51-63-65(60,61)62-50-49-57(4,5)6)56-54(58)47-44-41-38-35-32-29-26-23-20-17-14-11-8-2/h29-30,32-33,38,41,43,46,52-53H,7-28,31,34-37,39-40,42,44-45,47-51H2,1-6H3,(H-,56,58,60,61)/p+1/b32-29-,33-30-,41-38+,46-43+. The smallest absolute Gasteiger partial charge is 0.456 e. The predicted octanol–water partition coefficient (Wildman–Crippen LogP) is 15.8. The van der Waals surface area contributed by atoms with E-state index in [1.54, 1.807) is 0 Å². The molecule has 0 saturated heterocycles. The molecule has 0 spiro atoms. The van der Waals surface area contributed by atoms with E-state index in [1.165, 1.54) is 135 Å². The van der Waals surface area contributed by atoms with Crippen molar-refractivity contribution in [3.05, 3.63) is 48.6 Å². The molecule has 2 N–H and O–H groups in total. The van der Waals surface area contributed by atoms with E-state index in [0.29, 0.717) is 23.9 Å². The van der Waals surface area contributed by atoms with Crippen LogP contribution < -0.4 is 5.32 Å². The SMILES string of the molecule is CCCCCCCC/C=C\C/C=C/CCC(=O)NC(COP(=O)(O)OCC[N+](C)(C)C)C(/C=C/CCCCCCCCCCCCC)OC(=O)CCCCC/C=C\CCCCCCCC. The van der Waals surface area contributed by atoms with Gasteiger partial charge in [0.1, 0.15) is 19.3 Å². The number of nitrogens with zero attached hydrogens (tertiary/aromatic N) is 1. The summed E-state index contributed by atoms with van der Waals surface area (Å²) in [5.41, 5.74) is 0. The number of unbranched alkanes of at least 4 members (excludes halogenated alkanes) is 26. The van der Waals surface area contributed by atoms with Crippen molar-refractivity contribution >= 4 is 19.7 Å². The van der Waals surface area contributed by atoms with E-state index in [1.807, 2.05) is 39.4 Å². The number of likely N-dealkylation sites (N-methyl/N-ethyl adjacent to an activating group) is 1. The normalized spacial score (nSPS) is 14.3. The minimum Gasteiger partial charge on any atom is -0.456 e. The van der Waals surface area contributed by atoms with Gasteiger partial charge in [-0.25, -0.2) is 4.57 Å². The predicted molar refractivity (Wildman–Crippen MR) is 277 cm³/mol. The number of phosphoric acid groups is 1. The van der Waals surface area contributed by atoms with E-state index in [-0.39, 0.29) is 37.9 Å². The van der Waals surface area contributed by atoms with Gasteiger partial charge in [-0.05, 0) is 76.7 Å². The number of phosphoric ester groups is 1. The second-order valence-electron chi connectivity index (χ2n) is 19.4. The molecule has 0 bridgehead atoms. The van der Waals surface area contributed by atoms with E-state index >= 15 is 0 Å². The highest BCUT2D eigenvalue weighted by molar-refractivity contribution is 7.47. The molecule has 0 aromatic rings. The van der Waals surface area contributed by atoms with E-state index in [2.05, 4.69) is 56.5 Å². The number of nitrogens with one attached hydrogen (secondary N) is 1. The van der Waals surface area contributed by atoms with Crippen molar-refractivity contribution in [1.29, 1.82) is 0 Å². The fourth-order valence-electron chi connectivity index (χ4n) is 7.51. The Bertz CT molecular complexity index is 1260. The van der Waals surface area contributed by atoms with Gasteiger partial charge in [0.2, 0.25) is 5.91 Å². The van der Waals surface area contributed by atoms with Crippen molar-refractivity contribution in [2.24, 2.45) is 0 Å². The number of rotatable bonds is 48. The lowest BCUT2D eigenvalue weighted by Crippen LogP contribution is -2.47. The van der Waals surface area contributed by atoms with Crippen molar-refractivity contribution < 1.29 is 37.3 Å². The van der Waals surface area contributed by atoms with Gasteiger partial charge in [-0.3, -0.25) is 18.6 Å². The number of quaternary nitrogens is 1. The Morgan fingerprint density at radius 3 is 1.43 bits per heavy atom. The Morgan fingerprint density at radius 1 is 0.538 bits per heavy atom. The molecule has 0 aliphatic heterocycles. The molecule has 0 aliphatic rings. The molecule has 3 atom stereocenters. The topological polar surface area (TPSA) is 111 Å². The summed E-state index contributed by atoms with van der Waals surface area (Å²) in [6.45, 7) is 6.93. The largest absolute Gasteiger partial charge is 0.472 e. The molecular weight excluding hydrogens is 832 g/mol. The molecule has 65 heavy (non-hydrogen) atoms. The molecule has 0 fully saturated rings. The van der Waals surface area contributed by atoms with Crippen LogP contribution in [0.2, 0.25) is 0 Å². The number of carbonyl (C=O) groups is 2. The van der Waals surface area contributed by atoms with Crippen LogP contribution in [0.3, 0.4) is 0 Å². The summed E-state index contributed by atoms with van der Waals surface area (Å²) >= 11 is 0. The lowest BCUT2D eigenvalue weighted by Gasteiger charge is -2.27. The number of hydrogen-bond acceptors (Lipinski definition) is 6. The van der Waals surface area contributed by atoms with Gasteiger partial charge in [0.25, 0.3) is 0 Å². The highest BCUT2D eigenvalue weighted by Crippen LogP contribution is 2.43. The molecule has 1 amide bonds. The van der Waals surface area contributed by atoms with Crippen LogP contribution in [0.5, 0.6) is 0 Å². The van der Waals surface area contributed by atoms with Crippen molar-refractivity contribution in [2.45, 2.75) is 251 Å². The van der Waals surface area contributed by atoms with Gasteiger partial charge in [-0.15, -0.1) is 0 Å². The molecule has 0 radical (unpaired) electrons. The second-order valence-corrected chi connectivity index (χ2v) is 20.8. The molecule has 0 aromatic carbocycles. The number of allylic oxidation sites excluding steroid dienone is 7. The molecule has 10 heteroatoms. The molecular formula is C55H104N2O7P+. The fraction of sp³-hybridized carbons (Fsp3) is 0.818. The van der Waals surface area contributed by atoms with Crippen molar-refractivity contribution in [1.82, 2.24) is 5.32 Å². The quantitative estimate of drug-likeness (QED) is 0.0205. The Balaban J connectivity index is 5.53. The number of hydrogen-bond donors (Lipinski definition) is 2. The molecule has 0 aromatic heterocycles. The van der Waals surface area contributed by atoms with Crippen LogP contribution in [-0.4, -0.2) is 74.3 Å². The summed E-state index contributed by atoms with van der Waals surface area (Å²) in [6.07, 6.45) is 54.1. The Hall–Kier alpha value is -2.03. The first-order chi connectivity index (χ1) is 31.4. The van der Waals surface area contributed by atoms with Crippen LogP contribution in [0.25, 0.3) is 0 Å². The summed E-state index contributed by atoms with van der Waals surface area (Å²) in [7, 11) is 1.46. The van der Waals surface area contributed by atoms with Gasteiger partial charge in [-0.1, -0.05) is 198 Å². The zero-order valence-corrected chi connectivity index (χ0v) is 44.1. The van der Waals surface area contributed by atoms with Gasteiger partial charge in [0.15, 0.2) is 0 Å². The van der Waals surface area contributed by atoms with E-state index in [9.17, 15) is 19.0 Å². The maximum atomic E-state index is 13.4. The minimum atomic E-state index is -4.45. The fourth-order valence-corrected chi connectivity index (χ4v) is 8.25. The molecule has 9 nitrogen and oxygen atoms in total. The van der Waals surface area contributed by atoms with Crippen molar-refractivity contribution in [2.75, 3.05) is 40.9 Å². The van der Waals surface area contributed by atoms with Crippen LogP contribution in [0, 0.1) is 0 Å². The first kappa shape index (κ1) is 63.0. The first-order valence-electron chi connectivity index (χ1n) is 27.0. The highest BCUT2D eigenvalue weighted by Gasteiger charge is 2.30. The highest BCUT2D eigenvalue weighted by atomic mass is 31.2. The molecule has 0 saturated carbocycles. The molecule has 380 valence electrons. The first-order valence-corrected chi connectivity index (χ1v) is 28.5. The maximum absolute atomic E-state index is 13.4. The summed E-state index contributed by atoms with van der Waals surface area (Å²) in [5.74, 6) is -0.601. The lowest BCUT2D eigenvalue weighted by molar-refractivity contribution is -0.870. The van der Waals surface area contributed by atoms with Crippen LogP contribution in [0.1, 0.15) is 239 Å². The summed E-state index contributed by atoms with van der Waals surface area (Å²) in [6, 6.07) is -0.881. The number of esters is 1. The number of carbonyl (C=O) groups excluding carboxylic acids is 2. The number of ether oxygens (including phenoxy) is 1. The minimum absolute atomic E-state index is 0.0288. The van der Waals surface area contributed by atoms with Crippen LogP contribution >= 0.6 is 7.82 Å². The van der Waals surface area contributed by atoms with E-state index in [0.717, 1.165) is 57.8 Å². The molecule has 0 aliphatic carbocycles. The van der Waals surface area contributed by atoms with Crippen molar-refractivity contribution in [3.63, 3.8) is 0 Å². The van der Waals surface area contributed by atoms with Gasteiger partial charge < -0.3 is 19.4 Å². The summed E-state index contributed by atoms with van der Waals surface area (Å²) in [5, 5.41) is 2.99. The molecule has 0 heterocycles. The van der Waals surface area contributed by atoms with Gasteiger partial charge >= 0.3 is 13.8 Å². The summed E-state index contributed by atoms with van der Waals surface area (Å²) < 4.78 is 30.5. The van der Waals surface area contributed by atoms with Crippen molar-refractivity contribution in [3.8, 4) is 0 Å². The third kappa shape index (κ3) is 46.9. The van der Waals surface area contributed by atoms with Crippen LogP contribution in [0.15, 0.2) is 48.6 Å². The maximum Gasteiger partial charge on any atom is 0.472 e. The second kappa shape index (κ2) is 45.7. The van der Waals surface area contributed by atoms with Crippen LogP contribution in [-0.2, 0) is 27.9 Å². The molecule has 0 rings (SSSR count). The van der Waals surface area contributed by atoms with Gasteiger partial charge in [0.05, 0.1) is 33.8 Å². The molecule has 3 unspecified atom stereocenters. The third-order valence-corrected chi connectivity index (χ3v) is 12.7. The lowest BCUT2D eigenvalue weighted by atomic mass is 10.0. The Kier molecular flexibility index (Phi) is 44.3. The monoisotopic (exact) mass is 936 g/mol. The van der Waals surface area contributed by atoms with Gasteiger partial charge in [-0.2, -0.15) is 0 Å². The number of amides is 1. The van der Waals surface area contributed by atoms with E-state index < -0.39 is 20.0 Å². The van der Waals surface area contributed by atoms with Gasteiger partial charge in [0, 0.05) is 12.8 Å². The Labute approximate surface area is 401 Å². The van der Waals surface area contributed by atoms with Crippen LogP contribution in [0.4, 0.5) is 0 Å².